The summed E-state index contributed by atoms with van der Waals surface area (Å²) in [6.45, 7) is 1.71. The summed E-state index contributed by atoms with van der Waals surface area (Å²) in [7, 11) is 0. The lowest BCUT2D eigenvalue weighted by Gasteiger charge is -2.20. The van der Waals surface area contributed by atoms with Gasteiger partial charge in [0.1, 0.15) is 15.7 Å². The van der Waals surface area contributed by atoms with E-state index in [1.165, 1.54) is 23.5 Å². The number of carbonyl (C=O) groups excluding carboxylic acids is 3. The summed E-state index contributed by atoms with van der Waals surface area (Å²) < 4.78 is 13.2. The van der Waals surface area contributed by atoms with Crippen molar-refractivity contribution >= 4 is 34.5 Å². The summed E-state index contributed by atoms with van der Waals surface area (Å²) in [6, 6.07) is 17.4. The predicted octanol–water partition coefficient (Wildman–Crippen LogP) is 5.29. The molecule has 156 valence electrons. The maximum absolute atomic E-state index is 13.2. The van der Waals surface area contributed by atoms with Gasteiger partial charge in [0.2, 0.25) is 0 Å². The van der Waals surface area contributed by atoms with Gasteiger partial charge in [-0.2, -0.15) is 0 Å². The zero-order valence-corrected chi connectivity index (χ0v) is 17.6. The molecule has 1 aliphatic carbocycles. The third kappa shape index (κ3) is 3.23. The number of hydrogen-bond acceptors (Lipinski definition) is 5. The van der Waals surface area contributed by atoms with Crippen molar-refractivity contribution in [2.75, 3.05) is 5.32 Å². The summed E-state index contributed by atoms with van der Waals surface area (Å²) in [5, 5.41) is 3.37. The van der Waals surface area contributed by atoms with Crippen LogP contribution in [0.15, 0.2) is 66.7 Å². The highest BCUT2D eigenvalue weighted by Crippen LogP contribution is 2.33. The van der Waals surface area contributed by atoms with Gasteiger partial charge in [0.15, 0.2) is 11.6 Å². The minimum absolute atomic E-state index is 0.186. The van der Waals surface area contributed by atoms with Crippen molar-refractivity contribution in [3.05, 3.63) is 105 Å². The second-order valence-electron chi connectivity index (χ2n) is 7.33. The van der Waals surface area contributed by atoms with Gasteiger partial charge in [-0.15, -0.1) is 11.3 Å². The van der Waals surface area contributed by atoms with E-state index in [4.69, 9.17) is 0 Å². The van der Waals surface area contributed by atoms with E-state index in [-0.39, 0.29) is 34.2 Å². The average Bonchev–Trinajstić information content (AvgIpc) is 3.19. The van der Waals surface area contributed by atoms with Crippen LogP contribution in [0, 0.1) is 12.7 Å². The molecule has 1 heterocycles. The number of halogens is 1. The highest BCUT2D eigenvalue weighted by molar-refractivity contribution is 7.17. The van der Waals surface area contributed by atoms with Crippen LogP contribution in [0.25, 0.3) is 10.6 Å². The Hall–Kier alpha value is -3.97. The van der Waals surface area contributed by atoms with Crippen molar-refractivity contribution in [2.24, 2.45) is 0 Å². The van der Waals surface area contributed by atoms with E-state index in [0.29, 0.717) is 32.3 Å². The summed E-state index contributed by atoms with van der Waals surface area (Å²) in [4.78, 5) is 43.9. The first kappa shape index (κ1) is 20.0. The number of fused-ring (bicyclic) bond motifs is 2. The van der Waals surface area contributed by atoms with Crippen molar-refractivity contribution in [1.29, 1.82) is 0 Å². The highest BCUT2D eigenvalue weighted by Gasteiger charge is 2.32. The van der Waals surface area contributed by atoms with E-state index >= 15 is 0 Å². The molecule has 32 heavy (non-hydrogen) atoms. The zero-order chi connectivity index (χ0) is 22.4. The van der Waals surface area contributed by atoms with Crippen LogP contribution in [0.2, 0.25) is 0 Å². The molecule has 3 aromatic carbocycles. The van der Waals surface area contributed by atoms with Crippen molar-refractivity contribution in [3.8, 4) is 10.6 Å². The molecule has 0 aliphatic heterocycles. The Kier molecular flexibility index (Phi) is 4.75. The molecule has 0 saturated heterocycles. The molecule has 1 amide bonds. The number of carbonyl (C=O) groups is 3. The Bertz CT molecular complexity index is 1420. The van der Waals surface area contributed by atoms with Crippen LogP contribution < -0.4 is 5.32 Å². The third-order valence-electron chi connectivity index (χ3n) is 5.29. The molecule has 0 spiro atoms. The molecule has 5 rings (SSSR count). The normalized spacial score (nSPS) is 12.3. The second-order valence-corrected chi connectivity index (χ2v) is 8.33. The molecule has 1 aliphatic rings. The maximum atomic E-state index is 13.2. The lowest BCUT2D eigenvalue weighted by Crippen LogP contribution is -2.23. The van der Waals surface area contributed by atoms with Crippen molar-refractivity contribution in [1.82, 2.24) is 4.98 Å². The number of benzene rings is 3. The molecule has 7 heteroatoms. The quantitative estimate of drug-likeness (QED) is 0.412. The molecule has 1 N–H and O–H groups in total. The summed E-state index contributed by atoms with van der Waals surface area (Å²) in [6.07, 6.45) is 0. The van der Waals surface area contributed by atoms with Crippen molar-refractivity contribution in [2.45, 2.75) is 6.92 Å². The fourth-order valence-electron chi connectivity index (χ4n) is 3.75. The summed E-state index contributed by atoms with van der Waals surface area (Å²) in [5.74, 6) is -1.34. The second kappa shape index (κ2) is 7.62. The van der Waals surface area contributed by atoms with Crippen LogP contribution in [0.1, 0.15) is 47.2 Å². The fourth-order valence-corrected chi connectivity index (χ4v) is 4.72. The number of nitrogens with one attached hydrogen (secondary N) is 1. The first-order valence-electron chi connectivity index (χ1n) is 9.80. The number of anilines is 1. The van der Waals surface area contributed by atoms with Crippen LogP contribution in [-0.2, 0) is 0 Å². The predicted molar refractivity (Wildman–Crippen MR) is 120 cm³/mol. The summed E-state index contributed by atoms with van der Waals surface area (Å²) in [5.41, 5.74) is 2.62. The maximum Gasteiger partial charge on any atom is 0.267 e. The number of hydrogen-bond donors (Lipinski definition) is 1. The van der Waals surface area contributed by atoms with Gasteiger partial charge in [0.05, 0.1) is 16.9 Å². The highest BCUT2D eigenvalue weighted by atomic mass is 32.1. The number of aromatic nitrogens is 1. The van der Waals surface area contributed by atoms with Gasteiger partial charge in [0, 0.05) is 22.3 Å². The Morgan fingerprint density at radius 1 is 0.875 bits per heavy atom. The van der Waals surface area contributed by atoms with Gasteiger partial charge in [-0.1, -0.05) is 36.4 Å². The number of aryl methyl sites for hydroxylation is 1. The van der Waals surface area contributed by atoms with Gasteiger partial charge in [-0.05, 0) is 37.3 Å². The number of thiazole rings is 1. The van der Waals surface area contributed by atoms with Crippen molar-refractivity contribution in [3.63, 3.8) is 0 Å². The van der Waals surface area contributed by atoms with E-state index in [2.05, 4.69) is 10.3 Å². The van der Waals surface area contributed by atoms with Gasteiger partial charge in [0.25, 0.3) is 5.91 Å². The van der Waals surface area contributed by atoms with E-state index in [0.717, 1.165) is 0 Å². The van der Waals surface area contributed by atoms with E-state index in [1.54, 1.807) is 61.5 Å². The Labute approximate surface area is 186 Å². The Morgan fingerprint density at radius 3 is 2.25 bits per heavy atom. The molecule has 0 atom stereocenters. The first-order chi connectivity index (χ1) is 15.4. The number of ketones is 2. The minimum atomic E-state index is -0.430. The SMILES string of the molecule is Cc1nc(-c2ccc(F)cc2)sc1C(=O)Nc1cccc2c1C(=O)c1ccccc1C2=O. The zero-order valence-electron chi connectivity index (χ0n) is 16.8. The molecule has 4 aromatic rings. The van der Waals surface area contributed by atoms with Crippen LogP contribution >= 0.6 is 11.3 Å². The number of nitrogens with zero attached hydrogens (tertiary/aromatic N) is 1. The molecule has 1 aromatic heterocycles. The molecule has 0 bridgehead atoms. The van der Waals surface area contributed by atoms with Gasteiger partial charge >= 0.3 is 0 Å². The summed E-state index contributed by atoms with van der Waals surface area (Å²) >= 11 is 1.18. The van der Waals surface area contributed by atoms with Crippen LogP contribution in [0.5, 0.6) is 0 Å². The van der Waals surface area contributed by atoms with Crippen LogP contribution in [0.4, 0.5) is 10.1 Å². The minimum Gasteiger partial charge on any atom is -0.321 e. The fraction of sp³-hybridized carbons (Fsp3) is 0.0400. The van der Waals surface area contributed by atoms with Gasteiger partial charge in [-0.25, -0.2) is 9.37 Å². The van der Waals surface area contributed by atoms with Crippen LogP contribution in [0.3, 0.4) is 0 Å². The topological polar surface area (TPSA) is 76.1 Å². The van der Waals surface area contributed by atoms with E-state index < -0.39 is 5.91 Å². The molecule has 0 saturated carbocycles. The third-order valence-corrected chi connectivity index (χ3v) is 6.50. The van der Waals surface area contributed by atoms with Crippen molar-refractivity contribution < 1.29 is 18.8 Å². The molecule has 5 nitrogen and oxygen atoms in total. The monoisotopic (exact) mass is 442 g/mol. The smallest absolute Gasteiger partial charge is 0.267 e. The van der Waals surface area contributed by atoms with E-state index in [9.17, 15) is 18.8 Å². The van der Waals surface area contributed by atoms with Crippen LogP contribution in [-0.4, -0.2) is 22.5 Å². The molecular weight excluding hydrogens is 427 g/mol. The largest absolute Gasteiger partial charge is 0.321 e. The molecule has 0 unspecified atom stereocenters. The number of rotatable bonds is 3. The van der Waals surface area contributed by atoms with E-state index in [1.807, 2.05) is 0 Å². The van der Waals surface area contributed by atoms with Gasteiger partial charge in [-0.3, -0.25) is 14.4 Å². The lowest BCUT2D eigenvalue weighted by molar-refractivity contribution is 0.0978. The average molecular weight is 442 g/mol. The molecule has 0 radical (unpaired) electrons. The number of amides is 1. The van der Waals surface area contributed by atoms with Gasteiger partial charge < -0.3 is 5.32 Å². The lowest BCUT2D eigenvalue weighted by atomic mass is 9.83. The Balaban J connectivity index is 1.50. The first-order valence-corrected chi connectivity index (χ1v) is 10.6. The molecule has 0 fully saturated rings. The molecular formula is C25H15FN2O3S. The Morgan fingerprint density at radius 2 is 1.53 bits per heavy atom. The standard InChI is InChI=1S/C25H15FN2O3S/c1-13-23(32-25(27-13)14-9-11-15(26)12-10-14)24(31)28-19-8-4-7-18-20(19)22(30)17-6-3-2-5-16(17)21(18)29/h2-12H,1H3,(H,28,31).